The fourth-order valence-electron chi connectivity index (χ4n) is 3.49. The number of fused-ring (bicyclic) bond motifs is 1. The Labute approximate surface area is 202 Å². The highest BCUT2D eigenvalue weighted by atomic mass is 16.7. The van der Waals surface area contributed by atoms with E-state index in [0.29, 0.717) is 40.1 Å². The molecule has 4 rings (SSSR count). The Hall–Kier alpha value is -4.47. The number of methoxy groups -OCH3 is 3. The summed E-state index contributed by atoms with van der Waals surface area (Å²) in [6.07, 6.45) is 3.13. The Balaban J connectivity index is 1.50. The van der Waals surface area contributed by atoms with Crippen LogP contribution >= 0.6 is 0 Å². The smallest absolute Gasteiger partial charge is 0.282 e. The summed E-state index contributed by atoms with van der Waals surface area (Å²) in [6.45, 7) is 2.22. The monoisotopic (exact) mass is 479 g/mol. The number of aliphatic imine (C=N–C) groups is 1. The summed E-state index contributed by atoms with van der Waals surface area (Å²) in [7, 11) is 4.60. The Kier molecular flexibility index (Phi) is 6.91. The van der Waals surface area contributed by atoms with Gasteiger partial charge in [0.05, 0.1) is 26.9 Å². The molecule has 182 valence electrons. The van der Waals surface area contributed by atoms with Crippen molar-refractivity contribution in [3.63, 3.8) is 0 Å². The zero-order valence-corrected chi connectivity index (χ0v) is 19.8. The van der Waals surface area contributed by atoms with Crippen molar-refractivity contribution in [1.82, 2.24) is 5.06 Å². The largest absolute Gasteiger partial charge is 0.497 e. The summed E-state index contributed by atoms with van der Waals surface area (Å²) in [4.78, 5) is 22.0. The number of allylic oxidation sites excluding steroid dienone is 1. The first kappa shape index (κ1) is 23.7. The lowest BCUT2D eigenvalue weighted by Crippen LogP contribution is -2.38. The molecule has 1 amide bonds. The van der Waals surface area contributed by atoms with Crippen molar-refractivity contribution in [1.29, 1.82) is 5.41 Å². The summed E-state index contributed by atoms with van der Waals surface area (Å²) in [6, 6.07) is 10.6. The topological polar surface area (TPSA) is 112 Å². The first-order chi connectivity index (χ1) is 16.9. The number of carbonyl (C=O) groups is 1. The number of hydrogen-bond acceptors (Lipinski definition) is 8. The van der Waals surface area contributed by atoms with E-state index < -0.39 is 5.91 Å². The van der Waals surface area contributed by atoms with Gasteiger partial charge in [-0.2, -0.15) is 4.99 Å². The molecule has 0 aliphatic carbocycles. The van der Waals surface area contributed by atoms with Gasteiger partial charge >= 0.3 is 0 Å². The highest BCUT2D eigenvalue weighted by Crippen LogP contribution is 2.39. The summed E-state index contributed by atoms with van der Waals surface area (Å²) < 4.78 is 27.8. The molecule has 2 heterocycles. The number of hydrogen-bond donors (Lipinski definition) is 1. The second-order valence-corrected chi connectivity index (χ2v) is 7.45. The van der Waals surface area contributed by atoms with E-state index in [1.807, 2.05) is 18.2 Å². The van der Waals surface area contributed by atoms with Gasteiger partial charge in [-0.05, 0) is 42.8 Å². The fraction of sp³-hybridized carbons (Fsp3) is 0.240. The van der Waals surface area contributed by atoms with Crippen LogP contribution in [0.1, 0.15) is 12.5 Å². The molecule has 0 aromatic heterocycles. The van der Waals surface area contributed by atoms with Crippen molar-refractivity contribution in [2.45, 2.75) is 6.92 Å². The molecule has 0 spiro atoms. The van der Waals surface area contributed by atoms with E-state index in [9.17, 15) is 4.79 Å². The summed E-state index contributed by atoms with van der Waals surface area (Å²) >= 11 is 0. The van der Waals surface area contributed by atoms with Gasteiger partial charge in [-0.25, -0.2) is 0 Å². The molecule has 0 unspecified atom stereocenters. The van der Waals surface area contributed by atoms with E-state index in [4.69, 9.17) is 33.9 Å². The fourth-order valence-corrected chi connectivity index (χ4v) is 3.49. The van der Waals surface area contributed by atoms with Gasteiger partial charge in [-0.1, -0.05) is 6.07 Å². The Morgan fingerprint density at radius 3 is 2.37 bits per heavy atom. The highest BCUT2D eigenvalue weighted by Gasteiger charge is 2.34. The Morgan fingerprint density at radius 1 is 1.00 bits per heavy atom. The molecule has 0 radical (unpaired) electrons. The SMILES string of the molecule is COc1cccc(OCCOc2c(OC)cc(/C=C3\C(=N)N4OC(C)=CC4=NC3=O)cc2OC)c1. The van der Waals surface area contributed by atoms with Gasteiger partial charge in [0.1, 0.15) is 30.5 Å². The molecule has 1 N–H and O–H groups in total. The van der Waals surface area contributed by atoms with Crippen LogP contribution in [0.4, 0.5) is 0 Å². The number of nitrogens with one attached hydrogen (secondary N) is 1. The Morgan fingerprint density at radius 2 is 1.69 bits per heavy atom. The third-order valence-corrected chi connectivity index (χ3v) is 5.11. The average molecular weight is 479 g/mol. The molecule has 2 aliphatic heterocycles. The quantitative estimate of drug-likeness (QED) is 0.429. The lowest BCUT2D eigenvalue weighted by atomic mass is 10.1. The number of amidine groups is 2. The molecule has 10 nitrogen and oxygen atoms in total. The molecule has 2 aliphatic rings. The van der Waals surface area contributed by atoms with Crippen LogP contribution in [0.2, 0.25) is 0 Å². The molecule has 10 heteroatoms. The molecule has 2 aromatic carbocycles. The van der Waals surface area contributed by atoms with Gasteiger partial charge in [-0.3, -0.25) is 10.2 Å². The molecule has 2 aromatic rings. The van der Waals surface area contributed by atoms with Crippen molar-refractivity contribution in [3.8, 4) is 28.7 Å². The third kappa shape index (κ3) is 5.06. The second-order valence-electron chi connectivity index (χ2n) is 7.45. The normalized spacial score (nSPS) is 15.8. The molecule has 0 saturated carbocycles. The van der Waals surface area contributed by atoms with Gasteiger partial charge in [-0.15, -0.1) is 5.06 Å². The van der Waals surface area contributed by atoms with Gasteiger partial charge in [0.2, 0.25) is 5.75 Å². The first-order valence-corrected chi connectivity index (χ1v) is 10.7. The van der Waals surface area contributed by atoms with Crippen LogP contribution in [0.15, 0.2) is 58.8 Å². The number of carbonyl (C=O) groups excluding carboxylic acids is 1. The average Bonchev–Trinajstić information content (AvgIpc) is 3.24. The van der Waals surface area contributed by atoms with Crippen molar-refractivity contribution < 1.29 is 33.3 Å². The molecule has 0 fully saturated rings. The van der Waals surface area contributed by atoms with Crippen molar-refractivity contribution in [2.24, 2.45) is 4.99 Å². The van der Waals surface area contributed by atoms with E-state index in [2.05, 4.69) is 4.99 Å². The highest BCUT2D eigenvalue weighted by molar-refractivity contribution is 6.32. The molecule has 0 atom stereocenters. The second kappa shape index (κ2) is 10.2. The number of amides is 1. The minimum Gasteiger partial charge on any atom is -0.497 e. The van der Waals surface area contributed by atoms with Gasteiger partial charge in [0.15, 0.2) is 23.2 Å². The van der Waals surface area contributed by atoms with Crippen LogP contribution in [0.25, 0.3) is 6.08 Å². The lowest BCUT2D eigenvalue weighted by Gasteiger charge is -2.23. The van der Waals surface area contributed by atoms with E-state index in [-0.39, 0.29) is 30.5 Å². The number of nitrogens with zero attached hydrogens (tertiary/aromatic N) is 2. The standard InChI is InChI=1S/C25H25N3O7/c1-15-10-22-27-25(29)19(24(26)28(22)35-15)11-16-12-20(31-3)23(21(13-16)32-4)34-9-8-33-18-7-5-6-17(14-18)30-2/h5-7,10-14,26H,8-9H2,1-4H3/b19-11+,26-24?. The molecule has 35 heavy (non-hydrogen) atoms. The minimum absolute atomic E-state index is 0.0707. The van der Waals surface area contributed by atoms with Crippen molar-refractivity contribution in [2.75, 3.05) is 34.5 Å². The van der Waals surface area contributed by atoms with Crippen molar-refractivity contribution in [3.05, 3.63) is 59.4 Å². The summed E-state index contributed by atoms with van der Waals surface area (Å²) in [5.74, 6) is 2.71. The summed E-state index contributed by atoms with van der Waals surface area (Å²) in [5, 5.41) is 9.59. The predicted octanol–water partition coefficient (Wildman–Crippen LogP) is 3.62. The van der Waals surface area contributed by atoms with Crippen LogP contribution in [0.3, 0.4) is 0 Å². The minimum atomic E-state index is -0.538. The van der Waals surface area contributed by atoms with Crippen LogP contribution in [-0.2, 0) is 9.63 Å². The van der Waals surface area contributed by atoms with E-state index in [1.54, 1.807) is 38.3 Å². The van der Waals surface area contributed by atoms with Crippen LogP contribution < -0.4 is 23.7 Å². The lowest BCUT2D eigenvalue weighted by molar-refractivity contribution is -0.114. The maximum absolute atomic E-state index is 12.5. The van der Waals surface area contributed by atoms with Gasteiger partial charge in [0, 0.05) is 12.1 Å². The third-order valence-electron chi connectivity index (χ3n) is 5.11. The zero-order chi connectivity index (χ0) is 24.9. The maximum atomic E-state index is 12.5. The number of ether oxygens (including phenoxy) is 5. The first-order valence-electron chi connectivity index (χ1n) is 10.7. The predicted molar refractivity (Wildman–Crippen MR) is 128 cm³/mol. The Bertz CT molecular complexity index is 1220. The van der Waals surface area contributed by atoms with Gasteiger partial charge in [0.25, 0.3) is 5.91 Å². The number of hydroxylamine groups is 2. The molecular weight excluding hydrogens is 454 g/mol. The number of benzene rings is 2. The van der Waals surface area contributed by atoms with Gasteiger partial charge < -0.3 is 28.5 Å². The summed E-state index contributed by atoms with van der Waals surface area (Å²) in [5.41, 5.74) is 0.635. The maximum Gasteiger partial charge on any atom is 0.282 e. The van der Waals surface area contributed by atoms with Crippen LogP contribution in [0.5, 0.6) is 28.7 Å². The number of rotatable bonds is 9. The zero-order valence-electron chi connectivity index (χ0n) is 19.8. The molecular formula is C25H25N3O7. The van der Waals surface area contributed by atoms with E-state index in [0.717, 1.165) is 0 Å². The van der Waals surface area contributed by atoms with E-state index in [1.165, 1.54) is 25.4 Å². The van der Waals surface area contributed by atoms with Crippen LogP contribution in [0, 0.1) is 5.41 Å². The van der Waals surface area contributed by atoms with Crippen LogP contribution in [-0.4, -0.2) is 57.2 Å². The molecule has 0 saturated heterocycles. The van der Waals surface area contributed by atoms with Crippen molar-refractivity contribution >= 4 is 23.7 Å². The van der Waals surface area contributed by atoms with E-state index >= 15 is 0 Å². The molecule has 0 bridgehead atoms.